The number of furan rings is 1. The quantitative estimate of drug-likeness (QED) is 0.144. The molecule has 0 radical (unpaired) electrons. The molecule has 1 aliphatic carbocycles. The molecule has 324 valence electrons. The maximum Gasteiger partial charge on any atom is 0.136 e. The van der Waals surface area contributed by atoms with Crippen LogP contribution in [0.2, 0.25) is 0 Å². The van der Waals surface area contributed by atoms with Crippen LogP contribution in [0.15, 0.2) is 277 Å². The van der Waals surface area contributed by atoms with Gasteiger partial charge in [0.25, 0.3) is 0 Å². The minimum atomic E-state index is -0.569. The summed E-state index contributed by atoms with van der Waals surface area (Å²) in [5, 5.41) is 2.25. The summed E-state index contributed by atoms with van der Waals surface area (Å²) in [6.45, 7) is 0. The zero-order chi connectivity index (χ0) is 45.7. The molecule has 2 nitrogen and oxygen atoms in total. The Hall–Kier alpha value is -8.98. The maximum absolute atomic E-state index is 6.37. The highest BCUT2D eigenvalue weighted by Crippen LogP contribution is 2.58. The van der Waals surface area contributed by atoms with E-state index >= 15 is 0 Å². The van der Waals surface area contributed by atoms with Crippen LogP contribution in [-0.2, 0) is 5.41 Å². The lowest BCUT2D eigenvalue weighted by molar-refractivity contribution is 0.669. The smallest absolute Gasteiger partial charge is 0.136 e. The molecule has 0 aliphatic heterocycles. The molecule has 1 aromatic heterocycles. The monoisotopic (exact) mass is 879 g/mol. The van der Waals surface area contributed by atoms with Gasteiger partial charge in [0, 0.05) is 27.7 Å². The van der Waals surface area contributed by atoms with Crippen LogP contribution in [0.3, 0.4) is 0 Å². The standard InChI is InChI=1S/C67H45NO/c1-5-21-46(22-6-1)53-29-13-14-31-58(53)65-54(47-23-7-2-8-24-47)33-19-36-62(65)68(51-41-39-48(40-42-51)55-34-20-38-64-66(55)59-32-16-18-37-63(59)69-64)52-43-44-57-56-30-15-17-35-60(56)67(61(57)45-52,49-25-9-3-10-26-49)50-27-11-4-12-28-50/h1-45H. The van der Waals surface area contributed by atoms with Crippen molar-refractivity contribution in [2.45, 2.75) is 5.41 Å². The summed E-state index contributed by atoms with van der Waals surface area (Å²) in [5.74, 6) is 0. The van der Waals surface area contributed by atoms with Gasteiger partial charge in [0.1, 0.15) is 11.2 Å². The number of hydrogen-bond donors (Lipinski definition) is 0. The van der Waals surface area contributed by atoms with Gasteiger partial charge in [0.2, 0.25) is 0 Å². The minimum Gasteiger partial charge on any atom is -0.456 e. The maximum atomic E-state index is 6.37. The lowest BCUT2D eigenvalue weighted by Gasteiger charge is -2.35. The molecule has 0 bridgehead atoms. The number of anilines is 3. The zero-order valence-electron chi connectivity index (χ0n) is 37.8. The Morgan fingerprint density at radius 1 is 0.304 bits per heavy atom. The van der Waals surface area contributed by atoms with Crippen molar-refractivity contribution in [1.82, 2.24) is 0 Å². The van der Waals surface area contributed by atoms with Gasteiger partial charge in [-0.2, -0.15) is 0 Å². The third kappa shape index (κ3) is 6.56. The van der Waals surface area contributed by atoms with Crippen LogP contribution in [0.4, 0.5) is 17.1 Å². The van der Waals surface area contributed by atoms with Gasteiger partial charge in [-0.3, -0.25) is 0 Å². The molecule has 0 unspecified atom stereocenters. The lowest BCUT2D eigenvalue weighted by Crippen LogP contribution is -2.28. The predicted molar refractivity (Wildman–Crippen MR) is 287 cm³/mol. The van der Waals surface area contributed by atoms with Crippen LogP contribution in [0, 0.1) is 0 Å². The molecular formula is C67H45NO. The topological polar surface area (TPSA) is 16.4 Å². The van der Waals surface area contributed by atoms with Crippen molar-refractivity contribution in [3.8, 4) is 55.6 Å². The van der Waals surface area contributed by atoms with Crippen molar-refractivity contribution >= 4 is 39.0 Å². The molecule has 12 aromatic rings. The fourth-order valence-corrected chi connectivity index (χ4v) is 11.2. The zero-order valence-corrected chi connectivity index (χ0v) is 37.8. The minimum absolute atomic E-state index is 0.569. The van der Waals surface area contributed by atoms with E-state index in [0.717, 1.165) is 72.4 Å². The first-order valence-corrected chi connectivity index (χ1v) is 23.8. The Morgan fingerprint density at radius 2 is 0.797 bits per heavy atom. The van der Waals surface area contributed by atoms with Crippen molar-refractivity contribution in [3.05, 3.63) is 295 Å². The molecule has 0 atom stereocenters. The van der Waals surface area contributed by atoms with E-state index in [2.05, 4.69) is 272 Å². The molecule has 2 heteroatoms. The van der Waals surface area contributed by atoms with E-state index in [4.69, 9.17) is 4.42 Å². The Morgan fingerprint density at radius 3 is 1.51 bits per heavy atom. The highest BCUT2D eigenvalue weighted by Gasteiger charge is 2.46. The van der Waals surface area contributed by atoms with E-state index in [1.165, 1.54) is 44.5 Å². The average Bonchev–Trinajstić information content (AvgIpc) is 3.96. The van der Waals surface area contributed by atoms with Crippen LogP contribution in [0.5, 0.6) is 0 Å². The second kappa shape index (κ2) is 16.7. The van der Waals surface area contributed by atoms with Gasteiger partial charge in [-0.1, -0.05) is 231 Å². The highest BCUT2D eigenvalue weighted by atomic mass is 16.3. The molecule has 11 aromatic carbocycles. The van der Waals surface area contributed by atoms with Gasteiger partial charge in [0.05, 0.1) is 11.1 Å². The predicted octanol–water partition coefficient (Wildman–Crippen LogP) is 18.1. The van der Waals surface area contributed by atoms with Gasteiger partial charge in [0.15, 0.2) is 0 Å². The van der Waals surface area contributed by atoms with E-state index in [-0.39, 0.29) is 0 Å². The number of para-hydroxylation sites is 1. The molecule has 0 saturated heterocycles. The molecule has 0 saturated carbocycles. The van der Waals surface area contributed by atoms with E-state index in [9.17, 15) is 0 Å². The van der Waals surface area contributed by atoms with Crippen molar-refractivity contribution in [2.24, 2.45) is 0 Å². The lowest BCUT2D eigenvalue weighted by atomic mass is 9.67. The Kier molecular flexibility index (Phi) is 9.77. The largest absolute Gasteiger partial charge is 0.456 e. The molecule has 69 heavy (non-hydrogen) atoms. The third-order valence-electron chi connectivity index (χ3n) is 14.2. The molecule has 0 spiro atoms. The third-order valence-corrected chi connectivity index (χ3v) is 14.2. The van der Waals surface area contributed by atoms with Crippen molar-refractivity contribution < 1.29 is 4.42 Å². The molecule has 0 N–H and O–H groups in total. The van der Waals surface area contributed by atoms with Gasteiger partial charge in [-0.25, -0.2) is 0 Å². The first-order valence-electron chi connectivity index (χ1n) is 23.8. The van der Waals surface area contributed by atoms with E-state index < -0.39 is 5.41 Å². The molecule has 1 heterocycles. The number of nitrogens with zero attached hydrogens (tertiary/aromatic N) is 1. The summed E-state index contributed by atoms with van der Waals surface area (Å²) in [5.41, 5.74) is 21.2. The van der Waals surface area contributed by atoms with Gasteiger partial charge in [-0.05, 0) is 115 Å². The molecule has 0 amide bonds. The average molecular weight is 880 g/mol. The summed E-state index contributed by atoms with van der Waals surface area (Å²) in [7, 11) is 0. The van der Waals surface area contributed by atoms with Crippen LogP contribution in [0.1, 0.15) is 22.3 Å². The molecular weight excluding hydrogens is 835 g/mol. The van der Waals surface area contributed by atoms with Crippen LogP contribution in [-0.4, -0.2) is 0 Å². The number of hydrogen-bond acceptors (Lipinski definition) is 2. The van der Waals surface area contributed by atoms with Crippen molar-refractivity contribution in [1.29, 1.82) is 0 Å². The molecule has 0 fully saturated rings. The fraction of sp³-hybridized carbons (Fsp3) is 0.0149. The summed E-state index contributed by atoms with van der Waals surface area (Å²) in [6, 6.07) is 99.5. The van der Waals surface area contributed by atoms with E-state index in [0.29, 0.717) is 0 Å². The first kappa shape index (κ1) is 40.3. The second-order valence-corrected chi connectivity index (χ2v) is 17.9. The fourth-order valence-electron chi connectivity index (χ4n) is 11.2. The Labute approximate surface area is 402 Å². The summed E-state index contributed by atoms with van der Waals surface area (Å²) >= 11 is 0. The molecule has 1 aliphatic rings. The van der Waals surface area contributed by atoms with Crippen LogP contribution < -0.4 is 4.90 Å². The number of fused-ring (bicyclic) bond motifs is 6. The molecule has 13 rings (SSSR count). The van der Waals surface area contributed by atoms with Crippen LogP contribution >= 0.6 is 0 Å². The SMILES string of the molecule is c1ccc(-c2ccccc2-c2c(-c3ccccc3)cccc2N(c2ccc(-c3cccc4oc5ccccc5c34)cc2)c2ccc3c(c2)C(c2ccccc2)(c2ccccc2)c2ccccc2-3)cc1. The highest BCUT2D eigenvalue weighted by molar-refractivity contribution is 6.12. The second-order valence-electron chi connectivity index (χ2n) is 17.9. The Bertz CT molecular complexity index is 3780. The van der Waals surface area contributed by atoms with E-state index in [1.54, 1.807) is 0 Å². The Balaban J connectivity index is 1.10. The van der Waals surface area contributed by atoms with Gasteiger partial charge in [-0.15, -0.1) is 0 Å². The summed E-state index contributed by atoms with van der Waals surface area (Å²) < 4.78 is 6.37. The van der Waals surface area contributed by atoms with E-state index in [1.807, 2.05) is 6.07 Å². The van der Waals surface area contributed by atoms with Crippen LogP contribution in [0.25, 0.3) is 77.6 Å². The van der Waals surface area contributed by atoms with Crippen molar-refractivity contribution in [3.63, 3.8) is 0 Å². The van der Waals surface area contributed by atoms with Gasteiger partial charge < -0.3 is 9.32 Å². The van der Waals surface area contributed by atoms with Crippen molar-refractivity contribution in [2.75, 3.05) is 4.90 Å². The summed E-state index contributed by atoms with van der Waals surface area (Å²) in [6.07, 6.45) is 0. The summed E-state index contributed by atoms with van der Waals surface area (Å²) in [4.78, 5) is 2.49. The van der Waals surface area contributed by atoms with Gasteiger partial charge >= 0.3 is 0 Å². The first-order chi connectivity index (χ1) is 34.3. The normalized spacial score (nSPS) is 12.5. The number of rotatable bonds is 9. The number of benzene rings is 11.